The number of para-hydroxylation sites is 2. The molecule has 3 heterocycles. The van der Waals surface area contributed by atoms with Gasteiger partial charge < -0.3 is 19.4 Å². The number of carbonyl (C=O) groups is 1. The third-order valence-corrected chi connectivity index (χ3v) is 6.47. The van der Waals surface area contributed by atoms with Crippen molar-refractivity contribution in [3.05, 3.63) is 54.1 Å². The Balaban J connectivity index is 1.24. The summed E-state index contributed by atoms with van der Waals surface area (Å²) in [4.78, 5) is 19.2. The number of fused-ring (bicyclic) bond motifs is 3. The SMILES string of the molecule is CN1C(=O)CN2c3c(cccc31)[C@@H]1CN(CCCOc3ccccc3)CC[C@@H]12. The summed E-state index contributed by atoms with van der Waals surface area (Å²) >= 11 is 0. The van der Waals surface area contributed by atoms with Gasteiger partial charge in [-0.25, -0.2) is 0 Å². The second-order valence-corrected chi connectivity index (χ2v) is 8.07. The van der Waals surface area contributed by atoms with Gasteiger partial charge in [0.25, 0.3) is 0 Å². The van der Waals surface area contributed by atoms with Crippen molar-refractivity contribution in [3.8, 4) is 5.75 Å². The smallest absolute Gasteiger partial charge is 0.246 e. The van der Waals surface area contributed by atoms with Crippen LogP contribution in [0.2, 0.25) is 0 Å². The zero-order valence-corrected chi connectivity index (χ0v) is 16.4. The molecule has 0 saturated carbocycles. The minimum Gasteiger partial charge on any atom is -0.494 e. The van der Waals surface area contributed by atoms with Crippen LogP contribution in [0.4, 0.5) is 11.4 Å². The van der Waals surface area contributed by atoms with Crippen LogP contribution < -0.4 is 14.5 Å². The third-order valence-electron chi connectivity index (χ3n) is 6.47. The van der Waals surface area contributed by atoms with Crippen LogP contribution >= 0.6 is 0 Å². The number of likely N-dealkylation sites (N-methyl/N-ethyl adjacent to an activating group) is 1. The average molecular weight is 377 g/mol. The van der Waals surface area contributed by atoms with Gasteiger partial charge in [0, 0.05) is 38.6 Å². The van der Waals surface area contributed by atoms with Crippen LogP contribution in [0.15, 0.2) is 48.5 Å². The van der Waals surface area contributed by atoms with Gasteiger partial charge in [-0.3, -0.25) is 4.79 Å². The largest absolute Gasteiger partial charge is 0.494 e. The molecule has 2 atom stereocenters. The number of rotatable bonds is 5. The first-order valence-electron chi connectivity index (χ1n) is 10.3. The summed E-state index contributed by atoms with van der Waals surface area (Å²) in [6, 6.07) is 17.0. The minimum atomic E-state index is 0.200. The van der Waals surface area contributed by atoms with Crippen molar-refractivity contribution in [3.63, 3.8) is 0 Å². The molecule has 1 amide bonds. The number of nitrogens with zero attached hydrogens (tertiary/aromatic N) is 3. The molecule has 146 valence electrons. The molecule has 0 spiro atoms. The number of benzene rings is 2. The fourth-order valence-corrected chi connectivity index (χ4v) is 5.06. The number of hydrogen-bond acceptors (Lipinski definition) is 4. The van der Waals surface area contributed by atoms with Gasteiger partial charge in [0.2, 0.25) is 5.91 Å². The van der Waals surface area contributed by atoms with E-state index in [4.69, 9.17) is 4.74 Å². The Bertz CT molecular complexity index is 869. The zero-order valence-electron chi connectivity index (χ0n) is 16.4. The van der Waals surface area contributed by atoms with E-state index < -0.39 is 0 Å². The first-order chi connectivity index (χ1) is 13.7. The minimum absolute atomic E-state index is 0.200. The maximum atomic E-state index is 12.4. The molecule has 3 aliphatic rings. The molecule has 0 N–H and O–H groups in total. The van der Waals surface area contributed by atoms with E-state index >= 15 is 0 Å². The predicted octanol–water partition coefficient (Wildman–Crippen LogP) is 3.11. The summed E-state index contributed by atoms with van der Waals surface area (Å²) in [6.45, 7) is 4.49. The lowest BCUT2D eigenvalue weighted by atomic mass is 9.89. The van der Waals surface area contributed by atoms with Crippen molar-refractivity contribution in [1.82, 2.24) is 4.90 Å². The summed E-state index contributed by atoms with van der Waals surface area (Å²) in [5.41, 5.74) is 3.80. The van der Waals surface area contributed by atoms with Gasteiger partial charge >= 0.3 is 0 Å². The maximum Gasteiger partial charge on any atom is 0.246 e. The Morgan fingerprint density at radius 1 is 1.11 bits per heavy atom. The monoisotopic (exact) mass is 377 g/mol. The van der Waals surface area contributed by atoms with Crippen LogP contribution in [0, 0.1) is 0 Å². The van der Waals surface area contributed by atoms with E-state index in [2.05, 4.69) is 28.0 Å². The van der Waals surface area contributed by atoms with Crippen LogP contribution in [0.3, 0.4) is 0 Å². The van der Waals surface area contributed by atoms with E-state index in [0.29, 0.717) is 18.5 Å². The first-order valence-corrected chi connectivity index (χ1v) is 10.3. The van der Waals surface area contributed by atoms with Crippen LogP contribution in [0.25, 0.3) is 0 Å². The van der Waals surface area contributed by atoms with Crippen LogP contribution in [-0.2, 0) is 4.79 Å². The summed E-state index contributed by atoms with van der Waals surface area (Å²) in [6.07, 6.45) is 2.15. The molecule has 0 bridgehead atoms. The highest BCUT2D eigenvalue weighted by atomic mass is 16.5. The van der Waals surface area contributed by atoms with Gasteiger partial charge in [-0.05, 0) is 36.6 Å². The summed E-state index contributed by atoms with van der Waals surface area (Å²) in [5, 5.41) is 0. The molecule has 3 aliphatic heterocycles. The summed E-state index contributed by atoms with van der Waals surface area (Å²) < 4.78 is 5.84. The average Bonchev–Trinajstić information content (AvgIpc) is 3.04. The van der Waals surface area contributed by atoms with Crippen LogP contribution in [-0.4, -0.2) is 56.7 Å². The van der Waals surface area contributed by atoms with E-state index in [-0.39, 0.29) is 5.91 Å². The second-order valence-electron chi connectivity index (χ2n) is 8.07. The number of likely N-dealkylation sites (tertiary alicyclic amines) is 1. The molecule has 2 aromatic carbocycles. The van der Waals surface area contributed by atoms with E-state index in [9.17, 15) is 4.79 Å². The number of anilines is 2. The molecular weight excluding hydrogens is 350 g/mol. The molecule has 0 unspecified atom stereocenters. The normalized spacial score (nSPS) is 23.5. The molecule has 2 aromatic rings. The zero-order chi connectivity index (χ0) is 19.1. The molecule has 5 nitrogen and oxygen atoms in total. The highest BCUT2D eigenvalue weighted by Crippen LogP contribution is 2.50. The summed E-state index contributed by atoms with van der Waals surface area (Å²) in [7, 11) is 1.90. The molecule has 0 aliphatic carbocycles. The van der Waals surface area contributed by atoms with Crippen LogP contribution in [0.1, 0.15) is 24.3 Å². The standard InChI is InChI=1S/C23H27N3O2/c1-24-21-10-5-9-18-19-15-25(12-6-14-28-17-7-3-2-4-8-17)13-11-20(19)26(23(18)21)16-22(24)27/h2-5,7-10,19-20H,6,11-16H2,1H3/t19-,20-/m0/s1. The van der Waals surface area contributed by atoms with Crippen molar-refractivity contribution >= 4 is 17.3 Å². The molecule has 28 heavy (non-hydrogen) atoms. The van der Waals surface area contributed by atoms with Gasteiger partial charge in [-0.1, -0.05) is 30.3 Å². The molecular formula is C23H27N3O2. The van der Waals surface area contributed by atoms with Gasteiger partial charge in [0.15, 0.2) is 0 Å². The van der Waals surface area contributed by atoms with Crippen molar-refractivity contribution in [1.29, 1.82) is 0 Å². The highest BCUT2D eigenvalue weighted by Gasteiger charge is 2.46. The fraction of sp³-hybridized carbons (Fsp3) is 0.435. The van der Waals surface area contributed by atoms with Crippen LogP contribution in [0.5, 0.6) is 5.75 Å². The summed E-state index contributed by atoms with van der Waals surface area (Å²) in [5.74, 6) is 1.64. The Labute approximate surface area is 166 Å². The van der Waals surface area contributed by atoms with Gasteiger partial charge in [0.05, 0.1) is 24.5 Å². The van der Waals surface area contributed by atoms with E-state index in [1.165, 1.54) is 11.3 Å². The predicted molar refractivity (Wildman–Crippen MR) is 111 cm³/mol. The first kappa shape index (κ1) is 17.6. The lowest BCUT2D eigenvalue weighted by Gasteiger charge is -2.40. The fourth-order valence-electron chi connectivity index (χ4n) is 5.06. The molecule has 1 fully saturated rings. The van der Waals surface area contributed by atoms with E-state index in [1.54, 1.807) is 0 Å². The van der Waals surface area contributed by atoms with Crippen molar-refractivity contribution in [2.45, 2.75) is 24.8 Å². The topological polar surface area (TPSA) is 36.0 Å². The molecule has 5 heteroatoms. The molecule has 0 radical (unpaired) electrons. The Hall–Kier alpha value is -2.53. The van der Waals surface area contributed by atoms with Gasteiger partial charge in [-0.2, -0.15) is 0 Å². The third kappa shape index (κ3) is 2.94. The molecule has 0 aromatic heterocycles. The molecule has 5 rings (SSSR count). The van der Waals surface area contributed by atoms with Gasteiger partial charge in [0.1, 0.15) is 5.75 Å². The molecule has 1 saturated heterocycles. The van der Waals surface area contributed by atoms with Crippen molar-refractivity contribution < 1.29 is 9.53 Å². The van der Waals surface area contributed by atoms with Gasteiger partial charge in [-0.15, -0.1) is 0 Å². The maximum absolute atomic E-state index is 12.4. The van der Waals surface area contributed by atoms with E-state index in [0.717, 1.165) is 50.5 Å². The number of amides is 1. The van der Waals surface area contributed by atoms with E-state index in [1.807, 2.05) is 42.3 Å². The van der Waals surface area contributed by atoms with Crippen molar-refractivity contribution in [2.75, 3.05) is 49.6 Å². The Morgan fingerprint density at radius 2 is 1.96 bits per heavy atom. The second kappa shape index (κ2) is 7.13. The number of carbonyl (C=O) groups excluding carboxylic acids is 1. The number of piperidine rings is 1. The van der Waals surface area contributed by atoms with Crippen molar-refractivity contribution in [2.24, 2.45) is 0 Å². The number of hydrogen-bond donors (Lipinski definition) is 0. The lowest BCUT2D eigenvalue weighted by molar-refractivity contribution is -0.117. The Kier molecular flexibility index (Phi) is 4.47. The number of ether oxygens (including phenoxy) is 1. The lowest BCUT2D eigenvalue weighted by Crippen LogP contribution is -2.51. The highest BCUT2D eigenvalue weighted by molar-refractivity contribution is 6.04. The Morgan fingerprint density at radius 3 is 2.82 bits per heavy atom. The quantitative estimate of drug-likeness (QED) is 0.750.